The zero-order chi connectivity index (χ0) is 17.6. The van der Waals surface area contributed by atoms with E-state index in [4.69, 9.17) is 9.47 Å². The molecule has 2 aromatic carbocycles. The number of aromatic nitrogens is 1. The Balaban J connectivity index is 1.99. The van der Waals surface area contributed by atoms with Crippen LogP contribution in [0.2, 0.25) is 0 Å². The zero-order valence-electron chi connectivity index (χ0n) is 14.4. The van der Waals surface area contributed by atoms with Gasteiger partial charge in [-0.1, -0.05) is 36.4 Å². The number of benzene rings is 2. The molecule has 0 saturated heterocycles. The smallest absolute Gasteiger partial charge is 0.221 e. The first-order valence-electron chi connectivity index (χ1n) is 8.14. The number of rotatable bonds is 6. The molecule has 0 amide bonds. The van der Waals surface area contributed by atoms with Crippen LogP contribution >= 0.6 is 0 Å². The van der Waals surface area contributed by atoms with Crippen LogP contribution in [0.25, 0.3) is 11.1 Å². The summed E-state index contributed by atoms with van der Waals surface area (Å²) in [4.78, 5) is 4.55. The average Bonchev–Trinajstić information content (AvgIpc) is 2.67. The van der Waals surface area contributed by atoms with Crippen LogP contribution in [0.5, 0.6) is 11.6 Å². The Morgan fingerprint density at radius 1 is 0.960 bits per heavy atom. The lowest BCUT2D eigenvalue weighted by Crippen LogP contribution is -2.01. The highest BCUT2D eigenvalue weighted by atomic mass is 16.5. The van der Waals surface area contributed by atoms with Gasteiger partial charge in [0.15, 0.2) is 0 Å². The van der Waals surface area contributed by atoms with Crippen LogP contribution in [0.1, 0.15) is 16.8 Å². The van der Waals surface area contributed by atoms with Crippen LogP contribution in [0, 0.1) is 6.92 Å². The fourth-order valence-corrected chi connectivity index (χ4v) is 2.64. The lowest BCUT2D eigenvalue weighted by molar-refractivity contribution is 0.281. The van der Waals surface area contributed by atoms with Crippen molar-refractivity contribution in [1.29, 1.82) is 0 Å². The van der Waals surface area contributed by atoms with E-state index in [0.29, 0.717) is 12.5 Å². The lowest BCUT2D eigenvalue weighted by atomic mass is 10.00. The van der Waals surface area contributed by atoms with Crippen molar-refractivity contribution in [3.63, 3.8) is 0 Å². The molecule has 0 aliphatic carbocycles. The summed E-state index contributed by atoms with van der Waals surface area (Å²) in [5.41, 5.74) is 4.45. The molecule has 4 heteroatoms. The molecular weight excluding hydrogens is 314 g/mol. The molecule has 0 spiro atoms. The molecule has 0 aliphatic rings. The van der Waals surface area contributed by atoms with Gasteiger partial charge in [-0.2, -0.15) is 0 Å². The van der Waals surface area contributed by atoms with E-state index < -0.39 is 0 Å². The number of pyridine rings is 1. The Kier molecular flexibility index (Phi) is 5.31. The number of hydrogen-bond acceptors (Lipinski definition) is 4. The molecular formula is C21H21NO3. The number of nitrogens with zero attached hydrogens (tertiary/aromatic N) is 1. The number of aliphatic hydroxyl groups excluding tert-OH is 1. The average molecular weight is 335 g/mol. The summed E-state index contributed by atoms with van der Waals surface area (Å²) in [6, 6.07) is 19.5. The van der Waals surface area contributed by atoms with Gasteiger partial charge >= 0.3 is 0 Å². The molecule has 0 fully saturated rings. The normalized spacial score (nSPS) is 10.5. The number of ether oxygens (including phenoxy) is 2. The van der Waals surface area contributed by atoms with Crippen molar-refractivity contribution in [3.8, 4) is 22.8 Å². The maximum absolute atomic E-state index is 9.69. The molecule has 0 atom stereocenters. The molecule has 0 bridgehead atoms. The zero-order valence-corrected chi connectivity index (χ0v) is 14.4. The summed E-state index contributed by atoms with van der Waals surface area (Å²) in [6.07, 6.45) is 0. The number of hydrogen-bond donors (Lipinski definition) is 1. The van der Waals surface area contributed by atoms with Gasteiger partial charge in [0.2, 0.25) is 5.88 Å². The number of methoxy groups -OCH3 is 1. The maximum atomic E-state index is 9.69. The van der Waals surface area contributed by atoms with Gasteiger partial charge in [0.05, 0.1) is 13.7 Å². The Bertz CT molecular complexity index is 847. The highest BCUT2D eigenvalue weighted by Gasteiger charge is 2.14. The van der Waals surface area contributed by atoms with Crippen molar-refractivity contribution >= 4 is 0 Å². The van der Waals surface area contributed by atoms with Crippen LogP contribution < -0.4 is 9.47 Å². The molecule has 3 rings (SSSR count). The minimum absolute atomic E-state index is 0.0642. The van der Waals surface area contributed by atoms with Gasteiger partial charge in [-0.15, -0.1) is 0 Å². The van der Waals surface area contributed by atoms with Crippen LogP contribution in [-0.4, -0.2) is 17.2 Å². The summed E-state index contributed by atoms with van der Waals surface area (Å²) in [7, 11) is 1.62. The van der Waals surface area contributed by atoms with E-state index in [0.717, 1.165) is 33.7 Å². The summed E-state index contributed by atoms with van der Waals surface area (Å²) < 4.78 is 11.3. The third kappa shape index (κ3) is 3.98. The molecule has 1 N–H and O–H groups in total. The molecule has 0 saturated carbocycles. The van der Waals surface area contributed by atoms with E-state index in [-0.39, 0.29) is 6.61 Å². The second-order valence-electron chi connectivity index (χ2n) is 5.76. The van der Waals surface area contributed by atoms with Crippen molar-refractivity contribution < 1.29 is 14.6 Å². The first-order valence-corrected chi connectivity index (χ1v) is 8.14. The topological polar surface area (TPSA) is 51.6 Å². The quantitative estimate of drug-likeness (QED) is 0.736. The Labute approximate surface area is 147 Å². The van der Waals surface area contributed by atoms with E-state index in [2.05, 4.69) is 4.98 Å². The van der Waals surface area contributed by atoms with Gasteiger partial charge in [-0.3, -0.25) is 0 Å². The minimum atomic E-state index is -0.0642. The molecule has 1 aromatic heterocycles. The third-order valence-electron chi connectivity index (χ3n) is 4.00. The van der Waals surface area contributed by atoms with E-state index >= 15 is 0 Å². The number of aliphatic hydroxyl groups is 1. The van der Waals surface area contributed by atoms with E-state index in [9.17, 15) is 5.11 Å². The third-order valence-corrected chi connectivity index (χ3v) is 4.00. The fourth-order valence-electron chi connectivity index (χ4n) is 2.64. The maximum Gasteiger partial charge on any atom is 0.221 e. The Morgan fingerprint density at radius 3 is 2.48 bits per heavy atom. The van der Waals surface area contributed by atoms with Crippen molar-refractivity contribution in [3.05, 3.63) is 77.5 Å². The minimum Gasteiger partial charge on any atom is -0.497 e. The molecule has 1 heterocycles. The fraction of sp³-hybridized carbons (Fsp3) is 0.190. The first kappa shape index (κ1) is 17.0. The highest BCUT2D eigenvalue weighted by molar-refractivity contribution is 5.73. The van der Waals surface area contributed by atoms with Gasteiger partial charge in [0.25, 0.3) is 0 Å². The highest BCUT2D eigenvalue weighted by Crippen LogP contribution is 2.34. The van der Waals surface area contributed by atoms with Gasteiger partial charge in [-0.05, 0) is 47.9 Å². The van der Waals surface area contributed by atoms with Crippen molar-refractivity contribution in [2.75, 3.05) is 7.11 Å². The van der Waals surface area contributed by atoms with E-state index in [1.807, 2.05) is 67.6 Å². The Hall–Kier alpha value is -2.85. The monoisotopic (exact) mass is 335 g/mol. The molecule has 128 valence electrons. The van der Waals surface area contributed by atoms with Crippen LogP contribution in [0.15, 0.2) is 60.7 Å². The summed E-state index contributed by atoms with van der Waals surface area (Å²) in [5, 5.41) is 9.69. The van der Waals surface area contributed by atoms with Gasteiger partial charge in [-0.25, -0.2) is 4.98 Å². The van der Waals surface area contributed by atoms with Crippen molar-refractivity contribution in [1.82, 2.24) is 4.98 Å². The van der Waals surface area contributed by atoms with Crippen LogP contribution in [0.4, 0.5) is 0 Å². The summed E-state index contributed by atoms with van der Waals surface area (Å²) in [5.74, 6) is 1.27. The van der Waals surface area contributed by atoms with Gasteiger partial charge in [0, 0.05) is 11.3 Å². The lowest BCUT2D eigenvalue weighted by Gasteiger charge is -2.15. The number of aryl methyl sites for hydroxylation is 1. The van der Waals surface area contributed by atoms with Crippen molar-refractivity contribution in [2.45, 2.75) is 20.1 Å². The Morgan fingerprint density at radius 2 is 1.76 bits per heavy atom. The predicted molar refractivity (Wildman–Crippen MR) is 97.7 cm³/mol. The summed E-state index contributed by atoms with van der Waals surface area (Å²) >= 11 is 0. The molecule has 0 unspecified atom stereocenters. The molecule has 0 radical (unpaired) electrons. The van der Waals surface area contributed by atoms with Gasteiger partial charge < -0.3 is 14.6 Å². The molecule has 0 aliphatic heterocycles. The first-order chi connectivity index (χ1) is 12.2. The second kappa shape index (κ2) is 7.81. The molecule has 3 aromatic rings. The standard InChI is InChI=1S/C21H21NO3/c1-15-8-11-19(20-12-18(24-2)10-9-17(20)13-23)21(22-15)25-14-16-6-4-3-5-7-16/h3-12,23H,13-14H2,1-2H3. The van der Waals surface area contributed by atoms with E-state index in [1.165, 1.54) is 0 Å². The molecule has 25 heavy (non-hydrogen) atoms. The summed E-state index contributed by atoms with van der Waals surface area (Å²) in [6.45, 7) is 2.30. The van der Waals surface area contributed by atoms with Crippen LogP contribution in [-0.2, 0) is 13.2 Å². The SMILES string of the molecule is COc1ccc(CO)c(-c2ccc(C)nc2OCc2ccccc2)c1. The predicted octanol–water partition coefficient (Wildman–Crippen LogP) is 4.14. The van der Waals surface area contributed by atoms with E-state index in [1.54, 1.807) is 7.11 Å². The molecule has 4 nitrogen and oxygen atoms in total. The second-order valence-corrected chi connectivity index (χ2v) is 5.76. The largest absolute Gasteiger partial charge is 0.497 e. The van der Waals surface area contributed by atoms with Crippen molar-refractivity contribution in [2.24, 2.45) is 0 Å². The van der Waals surface area contributed by atoms with Crippen LogP contribution in [0.3, 0.4) is 0 Å². The van der Waals surface area contributed by atoms with Gasteiger partial charge in [0.1, 0.15) is 12.4 Å².